The summed E-state index contributed by atoms with van der Waals surface area (Å²) in [5.74, 6) is 0.830. The van der Waals surface area contributed by atoms with Crippen LogP contribution in [0.15, 0.2) is 18.2 Å². The number of hydrogen-bond acceptors (Lipinski definition) is 2. The lowest BCUT2D eigenvalue weighted by molar-refractivity contribution is 0.165. The molecular formula is C15H19ClN2. The molecule has 1 unspecified atom stereocenters. The van der Waals surface area contributed by atoms with Gasteiger partial charge in [-0.3, -0.25) is 4.90 Å². The summed E-state index contributed by atoms with van der Waals surface area (Å²) < 4.78 is 0. The Balaban J connectivity index is 2.03. The zero-order valence-corrected chi connectivity index (χ0v) is 11.6. The number of rotatable bonds is 3. The molecule has 1 fully saturated rings. The third-order valence-corrected chi connectivity index (χ3v) is 4.11. The number of halogens is 1. The van der Waals surface area contributed by atoms with E-state index in [4.69, 9.17) is 16.9 Å². The van der Waals surface area contributed by atoms with Crippen molar-refractivity contribution >= 4 is 11.6 Å². The van der Waals surface area contributed by atoms with Gasteiger partial charge in [0.25, 0.3) is 0 Å². The summed E-state index contributed by atoms with van der Waals surface area (Å²) >= 11 is 6.22. The van der Waals surface area contributed by atoms with E-state index in [1.807, 2.05) is 12.1 Å². The summed E-state index contributed by atoms with van der Waals surface area (Å²) in [6, 6.07) is 7.71. The number of nitriles is 1. The Bertz CT molecular complexity index is 450. The minimum Gasteiger partial charge on any atom is -0.299 e. The van der Waals surface area contributed by atoms with E-state index in [2.05, 4.69) is 17.9 Å². The highest BCUT2D eigenvalue weighted by atomic mass is 35.5. The maximum absolute atomic E-state index is 8.82. The van der Waals surface area contributed by atoms with Crippen LogP contribution in [0, 0.1) is 17.2 Å². The topological polar surface area (TPSA) is 27.0 Å². The SMILES string of the molecule is CCC1CCCN(Cc2ccc(C#N)cc2Cl)C1. The third kappa shape index (κ3) is 3.25. The van der Waals surface area contributed by atoms with Gasteiger partial charge in [-0.25, -0.2) is 0 Å². The molecule has 2 rings (SSSR count). The predicted molar refractivity (Wildman–Crippen MR) is 74.5 cm³/mol. The molecule has 0 radical (unpaired) electrons. The van der Waals surface area contributed by atoms with Crippen molar-refractivity contribution in [3.8, 4) is 6.07 Å². The number of hydrogen-bond donors (Lipinski definition) is 0. The van der Waals surface area contributed by atoms with Gasteiger partial charge >= 0.3 is 0 Å². The van der Waals surface area contributed by atoms with E-state index in [9.17, 15) is 0 Å². The maximum atomic E-state index is 8.82. The highest BCUT2D eigenvalue weighted by Crippen LogP contribution is 2.24. The molecule has 1 atom stereocenters. The molecule has 0 saturated carbocycles. The number of benzene rings is 1. The summed E-state index contributed by atoms with van der Waals surface area (Å²) in [4.78, 5) is 2.48. The van der Waals surface area contributed by atoms with Crippen LogP contribution in [-0.4, -0.2) is 18.0 Å². The van der Waals surface area contributed by atoms with Crippen molar-refractivity contribution in [2.45, 2.75) is 32.7 Å². The van der Waals surface area contributed by atoms with Crippen molar-refractivity contribution in [2.24, 2.45) is 5.92 Å². The molecule has 0 amide bonds. The van der Waals surface area contributed by atoms with Crippen LogP contribution in [0.5, 0.6) is 0 Å². The second kappa shape index (κ2) is 6.22. The second-order valence-corrected chi connectivity index (χ2v) is 5.48. The van der Waals surface area contributed by atoms with Crippen LogP contribution in [0.25, 0.3) is 0 Å². The highest BCUT2D eigenvalue weighted by molar-refractivity contribution is 6.31. The fourth-order valence-corrected chi connectivity index (χ4v) is 2.85. The molecule has 1 aromatic rings. The van der Waals surface area contributed by atoms with Gasteiger partial charge in [0.1, 0.15) is 0 Å². The molecule has 2 nitrogen and oxygen atoms in total. The molecular weight excluding hydrogens is 244 g/mol. The number of likely N-dealkylation sites (tertiary alicyclic amines) is 1. The summed E-state index contributed by atoms with van der Waals surface area (Å²) in [6.45, 7) is 5.50. The average molecular weight is 263 g/mol. The molecule has 0 spiro atoms. The smallest absolute Gasteiger partial charge is 0.0992 e. The van der Waals surface area contributed by atoms with E-state index in [0.717, 1.165) is 24.6 Å². The van der Waals surface area contributed by atoms with Crippen molar-refractivity contribution in [1.82, 2.24) is 4.90 Å². The molecule has 0 N–H and O–H groups in total. The first-order chi connectivity index (χ1) is 8.72. The molecule has 0 aliphatic carbocycles. The van der Waals surface area contributed by atoms with Crippen molar-refractivity contribution in [2.75, 3.05) is 13.1 Å². The van der Waals surface area contributed by atoms with Crippen LogP contribution in [0.1, 0.15) is 37.3 Å². The summed E-state index contributed by atoms with van der Waals surface area (Å²) in [5.41, 5.74) is 1.77. The fraction of sp³-hybridized carbons (Fsp3) is 0.533. The molecule has 0 aromatic heterocycles. The van der Waals surface area contributed by atoms with Gasteiger partial charge in [-0.2, -0.15) is 5.26 Å². The first kappa shape index (κ1) is 13.4. The van der Waals surface area contributed by atoms with Gasteiger partial charge in [0, 0.05) is 18.1 Å². The molecule has 3 heteroatoms. The quantitative estimate of drug-likeness (QED) is 0.828. The lowest BCUT2D eigenvalue weighted by Gasteiger charge is -2.32. The Morgan fingerprint density at radius 2 is 2.33 bits per heavy atom. The molecule has 1 aliphatic heterocycles. The van der Waals surface area contributed by atoms with Gasteiger partial charge < -0.3 is 0 Å². The van der Waals surface area contributed by atoms with Gasteiger partial charge in [0.2, 0.25) is 0 Å². The zero-order valence-electron chi connectivity index (χ0n) is 10.8. The highest BCUT2D eigenvalue weighted by Gasteiger charge is 2.19. The Labute approximate surface area is 114 Å². The molecule has 96 valence electrons. The predicted octanol–water partition coefficient (Wildman–Crippen LogP) is 3.83. The molecule has 18 heavy (non-hydrogen) atoms. The van der Waals surface area contributed by atoms with E-state index in [0.29, 0.717) is 10.6 Å². The van der Waals surface area contributed by atoms with Crippen LogP contribution in [0.4, 0.5) is 0 Å². The van der Waals surface area contributed by atoms with E-state index < -0.39 is 0 Å². The van der Waals surface area contributed by atoms with Crippen LogP contribution < -0.4 is 0 Å². The van der Waals surface area contributed by atoms with Gasteiger partial charge in [-0.15, -0.1) is 0 Å². The molecule has 1 saturated heterocycles. The lowest BCUT2D eigenvalue weighted by atomic mass is 9.95. The van der Waals surface area contributed by atoms with Gasteiger partial charge in [-0.1, -0.05) is 31.0 Å². The van der Waals surface area contributed by atoms with Crippen molar-refractivity contribution in [1.29, 1.82) is 5.26 Å². The van der Waals surface area contributed by atoms with Crippen LogP contribution in [0.3, 0.4) is 0 Å². The molecule has 1 aliphatic rings. The Hall–Kier alpha value is -1.04. The summed E-state index contributed by atoms with van der Waals surface area (Å²) in [6.07, 6.45) is 3.90. The van der Waals surface area contributed by atoms with E-state index >= 15 is 0 Å². The molecule has 1 heterocycles. The Morgan fingerprint density at radius 3 is 3.00 bits per heavy atom. The largest absolute Gasteiger partial charge is 0.299 e. The van der Waals surface area contributed by atoms with Crippen molar-refractivity contribution in [3.63, 3.8) is 0 Å². The zero-order chi connectivity index (χ0) is 13.0. The van der Waals surface area contributed by atoms with E-state index in [1.165, 1.54) is 25.8 Å². The van der Waals surface area contributed by atoms with Crippen LogP contribution >= 0.6 is 11.6 Å². The Morgan fingerprint density at radius 1 is 1.50 bits per heavy atom. The third-order valence-electron chi connectivity index (χ3n) is 3.76. The van der Waals surface area contributed by atoms with Gasteiger partial charge in [0.15, 0.2) is 0 Å². The average Bonchev–Trinajstić information content (AvgIpc) is 2.41. The van der Waals surface area contributed by atoms with Gasteiger partial charge in [-0.05, 0) is 43.0 Å². The lowest BCUT2D eigenvalue weighted by Crippen LogP contribution is -2.34. The second-order valence-electron chi connectivity index (χ2n) is 5.07. The number of nitrogens with zero attached hydrogens (tertiary/aromatic N) is 2. The fourth-order valence-electron chi connectivity index (χ4n) is 2.61. The van der Waals surface area contributed by atoms with Crippen LogP contribution in [0.2, 0.25) is 5.02 Å². The van der Waals surface area contributed by atoms with E-state index in [1.54, 1.807) is 6.07 Å². The maximum Gasteiger partial charge on any atom is 0.0992 e. The first-order valence-corrected chi connectivity index (χ1v) is 7.01. The van der Waals surface area contributed by atoms with Crippen molar-refractivity contribution < 1.29 is 0 Å². The minimum atomic E-state index is 0.633. The monoisotopic (exact) mass is 262 g/mol. The van der Waals surface area contributed by atoms with E-state index in [-0.39, 0.29) is 0 Å². The Kier molecular flexibility index (Phi) is 4.63. The first-order valence-electron chi connectivity index (χ1n) is 6.63. The summed E-state index contributed by atoms with van der Waals surface area (Å²) in [7, 11) is 0. The normalized spacial score (nSPS) is 20.6. The standard InChI is InChI=1S/C15H19ClN2/c1-2-12-4-3-7-18(10-12)11-14-6-5-13(9-17)8-15(14)16/h5-6,8,12H,2-4,7,10-11H2,1H3. The van der Waals surface area contributed by atoms with Gasteiger partial charge in [0.05, 0.1) is 11.6 Å². The number of piperidine rings is 1. The van der Waals surface area contributed by atoms with Crippen molar-refractivity contribution in [3.05, 3.63) is 34.3 Å². The molecule has 1 aromatic carbocycles. The molecule has 0 bridgehead atoms. The van der Waals surface area contributed by atoms with Crippen LogP contribution in [-0.2, 0) is 6.54 Å². The summed E-state index contributed by atoms with van der Waals surface area (Å²) in [5, 5.41) is 9.54. The minimum absolute atomic E-state index is 0.633.